The molecule has 0 aliphatic carbocycles. The zero-order valence-electron chi connectivity index (χ0n) is 11.9. The summed E-state index contributed by atoms with van der Waals surface area (Å²) >= 11 is 1.66. The third-order valence-electron chi connectivity index (χ3n) is 3.27. The standard InChI is InChI=1S/C16H15NO4S/c18-17(19)13-4-2-12(3-5-13)11-22-14-6-7-15-16(10-14)21-9-1-8-20-15/h2-7,10H,1,8-9,11H2. The first-order valence-corrected chi connectivity index (χ1v) is 7.97. The summed E-state index contributed by atoms with van der Waals surface area (Å²) in [5.74, 6) is 2.32. The topological polar surface area (TPSA) is 61.6 Å². The van der Waals surface area contributed by atoms with E-state index in [1.165, 1.54) is 12.1 Å². The normalized spacial score (nSPS) is 13.5. The maximum Gasteiger partial charge on any atom is 0.269 e. The summed E-state index contributed by atoms with van der Waals surface area (Å²) in [4.78, 5) is 11.3. The first kappa shape index (κ1) is 14.7. The van der Waals surface area contributed by atoms with E-state index in [2.05, 4.69) is 0 Å². The first-order chi connectivity index (χ1) is 10.7. The van der Waals surface area contributed by atoms with Gasteiger partial charge in [-0.3, -0.25) is 10.1 Å². The number of hydrogen-bond donors (Lipinski definition) is 0. The molecule has 114 valence electrons. The number of nitrogens with zero attached hydrogens (tertiary/aromatic N) is 1. The molecule has 0 fully saturated rings. The number of nitro groups is 1. The molecule has 0 amide bonds. The Morgan fingerprint density at radius 1 is 1.05 bits per heavy atom. The van der Waals surface area contributed by atoms with Crippen LogP contribution in [0.15, 0.2) is 47.4 Å². The average Bonchev–Trinajstić information content (AvgIpc) is 2.78. The van der Waals surface area contributed by atoms with Crippen molar-refractivity contribution in [3.8, 4) is 11.5 Å². The van der Waals surface area contributed by atoms with E-state index in [9.17, 15) is 10.1 Å². The largest absolute Gasteiger partial charge is 0.490 e. The molecule has 0 atom stereocenters. The summed E-state index contributed by atoms with van der Waals surface area (Å²) in [5, 5.41) is 10.6. The number of non-ortho nitro benzene ring substituents is 1. The van der Waals surface area contributed by atoms with Gasteiger partial charge in [0.25, 0.3) is 5.69 Å². The van der Waals surface area contributed by atoms with Gasteiger partial charge < -0.3 is 9.47 Å². The maximum atomic E-state index is 10.6. The molecule has 6 heteroatoms. The Labute approximate surface area is 132 Å². The van der Waals surface area contributed by atoms with E-state index in [0.29, 0.717) is 13.2 Å². The van der Waals surface area contributed by atoms with Gasteiger partial charge in [-0.15, -0.1) is 11.8 Å². The maximum absolute atomic E-state index is 10.6. The summed E-state index contributed by atoms with van der Waals surface area (Å²) in [6.45, 7) is 1.35. The van der Waals surface area contributed by atoms with Gasteiger partial charge in [-0.2, -0.15) is 0 Å². The van der Waals surface area contributed by atoms with Gasteiger partial charge in [-0.05, 0) is 23.8 Å². The number of hydrogen-bond acceptors (Lipinski definition) is 5. The number of ether oxygens (including phenoxy) is 2. The molecule has 0 spiro atoms. The van der Waals surface area contributed by atoms with Crippen molar-refractivity contribution < 1.29 is 14.4 Å². The van der Waals surface area contributed by atoms with E-state index in [1.54, 1.807) is 23.9 Å². The minimum atomic E-state index is -0.388. The lowest BCUT2D eigenvalue weighted by atomic mass is 10.2. The molecular weight excluding hydrogens is 302 g/mol. The summed E-state index contributed by atoms with van der Waals surface area (Å²) in [7, 11) is 0. The lowest BCUT2D eigenvalue weighted by Crippen LogP contribution is -1.97. The highest BCUT2D eigenvalue weighted by atomic mass is 32.2. The molecular formula is C16H15NO4S. The van der Waals surface area contributed by atoms with Crippen LogP contribution in [0.4, 0.5) is 5.69 Å². The first-order valence-electron chi connectivity index (χ1n) is 6.98. The van der Waals surface area contributed by atoms with Crippen LogP contribution < -0.4 is 9.47 Å². The van der Waals surface area contributed by atoms with E-state index in [-0.39, 0.29) is 10.6 Å². The second kappa shape index (κ2) is 6.70. The highest BCUT2D eigenvalue weighted by Crippen LogP contribution is 2.35. The minimum absolute atomic E-state index is 0.115. The van der Waals surface area contributed by atoms with Gasteiger partial charge >= 0.3 is 0 Å². The van der Waals surface area contributed by atoms with Crippen LogP contribution in [0.5, 0.6) is 11.5 Å². The van der Waals surface area contributed by atoms with E-state index < -0.39 is 0 Å². The Balaban J connectivity index is 1.66. The summed E-state index contributed by atoms with van der Waals surface area (Å²) < 4.78 is 11.3. The van der Waals surface area contributed by atoms with Crippen LogP contribution in [-0.4, -0.2) is 18.1 Å². The summed E-state index contributed by atoms with van der Waals surface area (Å²) in [6.07, 6.45) is 0.889. The van der Waals surface area contributed by atoms with Crippen LogP contribution in [0.2, 0.25) is 0 Å². The lowest BCUT2D eigenvalue weighted by Gasteiger charge is -2.09. The predicted molar refractivity (Wildman–Crippen MR) is 84.7 cm³/mol. The van der Waals surface area contributed by atoms with Crippen molar-refractivity contribution in [2.75, 3.05) is 13.2 Å². The third kappa shape index (κ3) is 3.51. The van der Waals surface area contributed by atoms with Crippen molar-refractivity contribution in [1.29, 1.82) is 0 Å². The van der Waals surface area contributed by atoms with Gasteiger partial charge in [0.05, 0.1) is 18.1 Å². The summed E-state index contributed by atoms with van der Waals surface area (Å²) in [6, 6.07) is 12.6. The second-order valence-corrected chi connectivity index (χ2v) is 5.92. The number of thioether (sulfide) groups is 1. The van der Waals surface area contributed by atoms with E-state index in [0.717, 1.165) is 34.1 Å². The van der Waals surface area contributed by atoms with E-state index in [4.69, 9.17) is 9.47 Å². The van der Waals surface area contributed by atoms with Crippen molar-refractivity contribution >= 4 is 17.4 Å². The Hall–Kier alpha value is -2.21. The Morgan fingerprint density at radius 3 is 2.50 bits per heavy atom. The molecule has 0 bridgehead atoms. The molecule has 2 aromatic carbocycles. The molecule has 1 aliphatic rings. The summed E-state index contributed by atoms with van der Waals surface area (Å²) in [5.41, 5.74) is 1.16. The Kier molecular flexibility index (Phi) is 4.48. The molecule has 0 unspecified atom stereocenters. The third-order valence-corrected chi connectivity index (χ3v) is 4.34. The van der Waals surface area contributed by atoms with E-state index in [1.807, 2.05) is 18.2 Å². The fourth-order valence-electron chi connectivity index (χ4n) is 2.11. The Morgan fingerprint density at radius 2 is 1.77 bits per heavy atom. The fourth-order valence-corrected chi connectivity index (χ4v) is 2.99. The monoisotopic (exact) mass is 317 g/mol. The van der Waals surface area contributed by atoms with Crippen molar-refractivity contribution in [1.82, 2.24) is 0 Å². The number of nitro benzene ring substituents is 1. The smallest absolute Gasteiger partial charge is 0.269 e. The molecule has 0 radical (unpaired) electrons. The van der Waals surface area contributed by atoms with E-state index >= 15 is 0 Å². The molecule has 22 heavy (non-hydrogen) atoms. The van der Waals surface area contributed by atoms with Crippen LogP contribution in [0, 0.1) is 10.1 Å². The van der Waals surface area contributed by atoms with Gasteiger partial charge in [0, 0.05) is 29.2 Å². The molecule has 1 heterocycles. The quantitative estimate of drug-likeness (QED) is 0.483. The number of rotatable bonds is 4. The SMILES string of the molecule is O=[N+]([O-])c1ccc(CSc2ccc3c(c2)OCCCO3)cc1. The van der Waals surface area contributed by atoms with Gasteiger partial charge in [0.1, 0.15) is 0 Å². The second-order valence-electron chi connectivity index (χ2n) is 4.87. The van der Waals surface area contributed by atoms with Crippen LogP contribution in [-0.2, 0) is 5.75 Å². The fraction of sp³-hybridized carbons (Fsp3) is 0.250. The molecule has 0 saturated heterocycles. The van der Waals surface area contributed by atoms with Crippen molar-refractivity contribution in [3.63, 3.8) is 0 Å². The molecule has 0 saturated carbocycles. The number of fused-ring (bicyclic) bond motifs is 1. The van der Waals surface area contributed by atoms with Crippen molar-refractivity contribution in [2.24, 2.45) is 0 Å². The molecule has 2 aromatic rings. The highest BCUT2D eigenvalue weighted by Gasteiger charge is 2.11. The number of benzene rings is 2. The lowest BCUT2D eigenvalue weighted by molar-refractivity contribution is -0.384. The molecule has 0 aromatic heterocycles. The molecule has 5 nitrogen and oxygen atoms in total. The zero-order valence-corrected chi connectivity index (χ0v) is 12.7. The predicted octanol–water partition coefficient (Wildman–Crippen LogP) is 4.05. The van der Waals surface area contributed by atoms with Gasteiger partial charge in [0.15, 0.2) is 11.5 Å². The zero-order chi connectivity index (χ0) is 15.4. The van der Waals surface area contributed by atoms with Crippen LogP contribution in [0.25, 0.3) is 0 Å². The molecule has 3 rings (SSSR count). The Bertz CT molecular complexity index is 672. The van der Waals surface area contributed by atoms with Gasteiger partial charge in [-0.25, -0.2) is 0 Å². The van der Waals surface area contributed by atoms with Crippen molar-refractivity contribution in [3.05, 3.63) is 58.1 Å². The van der Waals surface area contributed by atoms with Crippen LogP contribution in [0.1, 0.15) is 12.0 Å². The molecule has 1 aliphatic heterocycles. The minimum Gasteiger partial charge on any atom is -0.490 e. The van der Waals surface area contributed by atoms with Crippen molar-refractivity contribution in [2.45, 2.75) is 17.1 Å². The van der Waals surface area contributed by atoms with Gasteiger partial charge in [0.2, 0.25) is 0 Å². The highest BCUT2D eigenvalue weighted by molar-refractivity contribution is 7.98. The molecule has 0 N–H and O–H groups in total. The van der Waals surface area contributed by atoms with Crippen LogP contribution in [0.3, 0.4) is 0 Å². The van der Waals surface area contributed by atoms with Gasteiger partial charge in [-0.1, -0.05) is 12.1 Å². The average molecular weight is 317 g/mol. The van der Waals surface area contributed by atoms with Crippen LogP contribution >= 0.6 is 11.8 Å².